The summed E-state index contributed by atoms with van der Waals surface area (Å²) in [6, 6.07) is 9.91. The average Bonchev–Trinajstić information content (AvgIpc) is 3.09. The fourth-order valence-electron chi connectivity index (χ4n) is 3.01. The van der Waals surface area contributed by atoms with Gasteiger partial charge in [0.2, 0.25) is 0 Å². The van der Waals surface area contributed by atoms with Crippen molar-refractivity contribution in [2.45, 2.75) is 44.9 Å². The molecule has 2 aromatic rings. The van der Waals surface area contributed by atoms with E-state index in [0.29, 0.717) is 18.3 Å². The Morgan fingerprint density at radius 1 is 1.33 bits per heavy atom. The van der Waals surface area contributed by atoms with Gasteiger partial charge in [0, 0.05) is 11.6 Å². The molecule has 1 N–H and O–H groups in total. The molecule has 3 rings (SSSR count). The zero-order valence-corrected chi connectivity index (χ0v) is 12.5. The van der Waals surface area contributed by atoms with Crippen LogP contribution in [0, 0.1) is 0 Å². The molecule has 5 nitrogen and oxygen atoms in total. The molecule has 112 valence electrons. The van der Waals surface area contributed by atoms with Crippen molar-refractivity contribution in [3.05, 3.63) is 36.2 Å². The molecule has 2 heterocycles. The van der Waals surface area contributed by atoms with Gasteiger partial charge in [0.25, 0.3) is 5.89 Å². The molecule has 0 saturated carbocycles. The highest BCUT2D eigenvalue weighted by Crippen LogP contribution is 2.28. The second-order valence-corrected chi connectivity index (χ2v) is 6.16. The van der Waals surface area contributed by atoms with E-state index in [1.54, 1.807) is 0 Å². The predicted molar refractivity (Wildman–Crippen MR) is 79.5 cm³/mol. The molecule has 21 heavy (non-hydrogen) atoms. The van der Waals surface area contributed by atoms with Crippen LogP contribution in [0.5, 0.6) is 0 Å². The topological polar surface area (TPSA) is 62.4 Å². The molecule has 0 spiro atoms. The summed E-state index contributed by atoms with van der Waals surface area (Å²) in [5.41, 5.74) is 0.222. The summed E-state index contributed by atoms with van der Waals surface area (Å²) in [7, 11) is 0. The van der Waals surface area contributed by atoms with Gasteiger partial charge in [-0.3, -0.25) is 4.90 Å². The summed E-state index contributed by atoms with van der Waals surface area (Å²) < 4.78 is 5.33. The van der Waals surface area contributed by atoms with Gasteiger partial charge in [-0.1, -0.05) is 23.4 Å². The number of aromatic nitrogens is 2. The van der Waals surface area contributed by atoms with E-state index in [4.69, 9.17) is 4.52 Å². The maximum absolute atomic E-state index is 10.2. The van der Waals surface area contributed by atoms with Gasteiger partial charge in [-0.15, -0.1) is 0 Å². The molecule has 0 radical (unpaired) electrons. The van der Waals surface area contributed by atoms with Crippen LogP contribution in [0.25, 0.3) is 11.5 Å². The number of nitrogens with zero attached hydrogens (tertiary/aromatic N) is 3. The van der Waals surface area contributed by atoms with E-state index in [0.717, 1.165) is 24.9 Å². The molecular formula is C16H21N3O2. The lowest BCUT2D eigenvalue weighted by Gasteiger charge is -2.33. The lowest BCUT2D eigenvalue weighted by atomic mass is 9.97. The van der Waals surface area contributed by atoms with E-state index >= 15 is 0 Å². The number of benzene rings is 1. The summed E-state index contributed by atoms with van der Waals surface area (Å²) in [6.45, 7) is 5.30. The van der Waals surface area contributed by atoms with E-state index in [9.17, 15) is 5.11 Å². The van der Waals surface area contributed by atoms with Gasteiger partial charge in [-0.2, -0.15) is 4.98 Å². The van der Waals surface area contributed by atoms with Crippen molar-refractivity contribution in [3.8, 4) is 11.5 Å². The normalized spacial score (nSPS) is 20.0. The van der Waals surface area contributed by atoms with Gasteiger partial charge in [0.15, 0.2) is 5.82 Å². The summed E-state index contributed by atoms with van der Waals surface area (Å²) in [4.78, 5) is 6.70. The highest BCUT2D eigenvalue weighted by atomic mass is 16.5. The number of aliphatic hydroxyl groups is 1. The second-order valence-electron chi connectivity index (χ2n) is 6.16. The lowest BCUT2D eigenvalue weighted by molar-refractivity contribution is -0.00592. The zero-order valence-electron chi connectivity index (χ0n) is 12.5. The van der Waals surface area contributed by atoms with Crippen LogP contribution in [0.3, 0.4) is 0 Å². The minimum absolute atomic E-state index is 0.149. The molecule has 1 saturated heterocycles. The summed E-state index contributed by atoms with van der Waals surface area (Å²) in [5.74, 6) is 1.22. The van der Waals surface area contributed by atoms with E-state index in [1.165, 1.54) is 0 Å². The second kappa shape index (κ2) is 5.58. The van der Waals surface area contributed by atoms with Crippen LogP contribution >= 0.6 is 0 Å². The maximum atomic E-state index is 10.2. The molecule has 0 amide bonds. The van der Waals surface area contributed by atoms with Crippen molar-refractivity contribution in [3.63, 3.8) is 0 Å². The monoisotopic (exact) mass is 287 g/mol. The number of hydrogen-bond acceptors (Lipinski definition) is 5. The Labute approximate surface area is 124 Å². The molecule has 1 unspecified atom stereocenters. The molecule has 1 aromatic heterocycles. The van der Waals surface area contributed by atoms with Gasteiger partial charge >= 0.3 is 0 Å². The largest absolute Gasteiger partial charge is 0.389 e. The summed E-state index contributed by atoms with van der Waals surface area (Å²) in [6.07, 6.45) is 2.10. The van der Waals surface area contributed by atoms with Crippen molar-refractivity contribution >= 4 is 0 Å². The van der Waals surface area contributed by atoms with Crippen molar-refractivity contribution in [2.24, 2.45) is 0 Å². The van der Waals surface area contributed by atoms with Crippen LogP contribution in [0.2, 0.25) is 0 Å². The fourth-order valence-corrected chi connectivity index (χ4v) is 3.01. The van der Waals surface area contributed by atoms with E-state index < -0.39 is 5.60 Å². The van der Waals surface area contributed by atoms with Crippen molar-refractivity contribution < 1.29 is 9.63 Å². The standard InChI is InChI=1S/C16H21N3O2/c1-16(2,20)13-9-6-10-19(13)11-14-17-15(21-18-14)12-7-4-3-5-8-12/h3-5,7-8,13,20H,6,9-11H2,1-2H3. The third-order valence-electron chi connectivity index (χ3n) is 4.01. The highest BCUT2D eigenvalue weighted by Gasteiger charge is 2.36. The SMILES string of the molecule is CC(C)(O)C1CCCN1Cc1noc(-c2ccccc2)n1. The van der Waals surface area contributed by atoms with Crippen LogP contribution in [-0.2, 0) is 6.54 Å². The Kier molecular flexibility index (Phi) is 3.78. The Hall–Kier alpha value is -1.72. The minimum Gasteiger partial charge on any atom is -0.389 e. The van der Waals surface area contributed by atoms with Crippen LogP contribution in [0.4, 0.5) is 0 Å². The van der Waals surface area contributed by atoms with Gasteiger partial charge in [-0.25, -0.2) is 0 Å². The van der Waals surface area contributed by atoms with Crippen LogP contribution in [0.15, 0.2) is 34.9 Å². The first-order chi connectivity index (χ1) is 10.0. The lowest BCUT2D eigenvalue weighted by Crippen LogP contribution is -2.45. The third kappa shape index (κ3) is 3.14. The first-order valence-electron chi connectivity index (χ1n) is 7.38. The Balaban J connectivity index is 1.73. The zero-order chi connectivity index (χ0) is 14.9. The van der Waals surface area contributed by atoms with Crippen molar-refractivity contribution in [1.29, 1.82) is 0 Å². The molecule has 0 bridgehead atoms. The average molecular weight is 287 g/mol. The van der Waals surface area contributed by atoms with Crippen molar-refractivity contribution in [1.82, 2.24) is 15.0 Å². The quantitative estimate of drug-likeness (QED) is 0.936. The molecule has 0 aliphatic carbocycles. The van der Waals surface area contributed by atoms with Crippen LogP contribution in [-0.4, -0.2) is 38.3 Å². The van der Waals surface area contributed by atoms with E-state index in [-0.39, 0.29) is 6.04 Å². The summed E-state index contributed by atoms with van der Waals surface area (Å²) >= 11 is 0. The molecule has 1 aliphatic rings. The molecule has 1 aromatic carbocycles. The van der Waals surface area contributed by atoms with Gasteiger partial charge in [0.1, 0.15) is 0 Å². The van der Waals surface area contributed by atoms with Gasteiger partial charge < -0.3 is 9.63 Å². The molecular weight excluding hydrogens is 266 g/mol. The number of hydrogen-bond donors (Lipinski definition) is 1. The van der Waals surface area contributed by atoms with Crippen LogP contribution < -0.4 is 0 Å². The molecule has 5 heteroatoms. The van der Waals surface area contributed by atoms with Crippen molar-refractivity contribution in [2.75, 3.05) is 6.54 Å². The molecule has 1 fully saturated rings. The summed E-state index contributed by atoms with van der Waals surface area (Å²) in [5, 5.41) is 14.3. The fraction of sp³-hybridized carbons (Fsp3) is 0.500. The first kappa shape index (κ1) is 14.2. The maximum Gasteiger partial charge on any atom is 0.257 e. The Morgan fingerprint density at radius 3 is 2.81 bits per heavy atom. The van der Waals surface area contributed by atoms with Gasteiger partial charge in [-0.05, 0) is 45.4 Å². The van der Waals surface area contributed by atoms with Gasteiger partial charge in [0.05, 0.1) is 12.1 Å². The number of likely N-dealkylation sites (tertiary alicyclic amines) is 1. The highest BCUT2D eigenvalue weighted by molar-refractivity contribution is 5.51. The Morgan fingerprint density at radius 2 is 2.10 bits per heavy atom. The van der Waals surface area contributed by atoms with E-state index in [1.807, 2.05) is 44.2 Å². The Bertz CT molecular complexity index is 589. The third-order valence-corrected chi connectivity index (χ3v) is 4.01. The molecule has 1 atom stereocenters. The number of rotatable bonds is 4. The smallest absolute Gasteiger partial charge is 0.257 e. The minimum atomic E-state index is -0.706. The van der Waals surface area contributed by atoms with E-state index in [2.05, 4.69) is 15.0 Å². The van der Waals surface area contributed by atoms with Crippen LogP contribution in [0.1, 0.15) is 32.5 Å². The predicted octanol–water partition coefficient (Wildman–Crippen LogP) is 2.47. The molecule has 1 aliphatic heterocycles. The first-order valence-corrected chi connectivity index (χ1v) is 7.38.